The molecule has 0 spiro atoms. The van der Waals surface area contributed by atoms with Crippen molar-refractivity contribution >= 4 is 38.8 Å². The number of benzene rings is 1. The molecule has 0 radical (unpaired) electrons. The van der Waals surface area contributed by atoms with Gasteiger partial charge in [-0.3, -0.25) is 4.79 Å². The second kappa shape index (κ2) is 9.35. The molecule has 4 aromatic rings. The molecule has 36 heavy (non-hydrogen) atoms. The number of hydrogen-bond donors (Lipinski definition) is 2. The number of oxazole rings is 1. The van der Waals surface area contributed by atoms with Crippen molar-refractivity contribution in [2.45, 2.75) is 45.1 Å². The average molecular weight is 549 g/mol. The van der Waals surface area contributed by atoms with Gasteiger partial charge in [-0.2, -0.15) is 15.3 Å². The van der Waals surface area contributed by atoms with E-state index in [1.54, 1.807) is 24.1 Å². The van der Waals surface area contributed by atoms with Crippen LogP contribution in [0.5, 0.6) is 0 Å². The fourth-order valence-electron chi connectivity index (χ4n) is 4.83. The maximum atomic E-state index is 12.3. The van der Waals surface area contributed by atoms with Gasteiger partial charge in [-0.25, -0.2) is 14.6 Å². The van der Waals surface area contributed by atoms with Crippen LogP contribution in [0.3, 0.4) is 0 Å². The number of nitrogens with one attached hydrogen (secondary N) is 2. The monoisotopic (exact) mass is 548 g/mol. The molecule has 1 saturated carbocycles. The molecule has 3 heterocycles. The summed E-state index contributed by atoms with van der Waals surface area (Å²) in [6.45, 7) is 3.83. The highest BCUT2D eigenvalue weighted by Crippen LogP contribution is 2.39. The minimum absolute atomic E-state index is 0.0563. The molecule has 1 aromatic carbocycles. The Morgan fingerprint density at radius 3 is 2.94 bits per heavy atom. The van der Waals surface area contributed by atoms with E-state index in [1.807, 2.05) is 32.0 Å². The normalized spacial score (nSPS) is 20.2. The van der Waals surface area contributed by atoms with Crippen molar-refractivity contribution in [1.82, 2.24) is 30.0 Å². The number of nitriles is 1. The third-order valence-corrected chi connectivity index (χ3v) is 7.42. The van der Waals surface area contributed by atoms with Crippen LogP contribution in [0.2, 0.25) is 0 Å². The van der Waals surface area contributed by atoms with Gasteiger partial charge in [0.1, 0.15) is 10.9 Å². The van der Waals surface area contributed by atoms with Crippen LogP contribution < -0.4 is 10.6 Å². The van der Waals surface area contributed by atoms with Gasteiger partial charge >= 0.3 is 0 Å². The number of halogens is 1. The van der Waals surface area contributed by atoms with E-state index in [1.165, 1.54) is 6.26 Å². The van der Waals surface area contributed by atoms with Gasteiger partial charge in [0.15, 0.2) is 5.65 Å². The molecule has 10 nitrogen and oxygen atoms in total. The highest BCUT2D eigenvalue weighted by molar-refractivity contribution is 9.10. The Bertz CT molecular complexity index is 1480. The molecular weight excluding hydrogens is 524 g/mol. The zero-order valence-corrected chi connectivity index (χ0v) is 21.7. The van der Waals surface area contributed by atoms with Crippen molar-refractivity contribution < 1.29 is 9.21 Å². The zero-order chi connectivity index (χ0) is 25.4. The van der Waals surface area contributed by atoms with Crippen molar-refractivity contribution in [1.29, 1.82) is 5.26 Å². The highest BCUT2D eigenvalue weighted by atomic mass is 79.9. The quantitative estimate of drug-likeness (QED) is 0.357. The molecule has 0 saturated heterocycles. The first-order valence-corrected chi connectivity index (χ1v) is 12.5. The second-order valence-electron chi connectivity index (χ2n) is 9.32. The number of fused-ring (bicyclic) bond motifs is 1. The molecule has 11 heteroatoms. The Balaban J connectivity index is 1.50. The zero-order valence-electron chi connectivity index (χ0n) is 20.1. The van der Waals surface area contributed by atoms with Gasteiger partial charge in [0.05, 0.1) is 29.3 Å². The molecule has 3 atom stereocenters. The number of carbonyl (C=O) groups excluding carboxylic acids is 1. The summed E-state index contributed by atoms with van der Waals surface area (Å²) in [6, 6.07) is 8.08. The van der Waals surface area contributed by atoms with Gasteiger partial charge in [0.25, 0.3) is 0 Å². The molecule has 5 rings (SSSR count). The van der Waals surface area contributed by atoms with Crippen LogP contribution in [-0.2, 0) is 4.79 Å². The molecule has 3 aromatic heterocycles. The molecule has 1 aliphatic rings. The Labute approximate surface area is 216 Å². The third kappa shape index (κ3) is 4.22. The summed E-state index contributed by atoms with van der Waals surface area (Å²) in [5, 5.41) is 21.2. The largest absolute Gasteiger partial charge is 0.445 e. The Morgan fingerprint density at radius 1 is 1.39 bits per heavy atom. The van der Waals surface area contributed by atoms with Crippen LogP contribution in [0, 0.1) is 16.7 Å². The SMILES string of the molecule is CNC(=O)[C@]1(C)CC[C@@H](Nc2ncc3c(Br)nn(-c4ccc(-c5ncco5)c([C@@H](C)C#N)c4)c3n2)C1. The van der Waals surface area contributed by atoms with Crippen LogP contribution in [0.25, 0.3) is 28.2 Å². The smallest absolute Gasteiger partial charge is 0.226 e. The number of anilines is 1. The summed E-state index contributed by atoms with van der Waals surface area (Å²) in [4.78, 5) is 25.8. The van der Waals surface area contributed by atoms with Gasteiger partial charge in [-0.15, -0.1) is 0 Å². The summed E-state index contributed by atoms with van der Waals surface area (Å²) >= 11 is 3.52. The lowest BCUT2D eigenvalue weighted by Crippen LogP contribution is -2.35. The molecule has 1 fully saturated rings. The first-order chi connectivity index (χ1) is 17.3. The maximum Gasteiger partial charge on any atom is 0.226 e. The lowest BCUT2D eigenvalue weighted by molar-refractivity contribution is -0.129. The minimum atomic E-state index is -0.403. The number of amides is 1. The molecule has 0 unspecified atom stereocenters. The van der Waals surface area contributed by atoms with E-state index in [-0.39, 0.29) is 17.9 Å². The van der Waals surface area contributed by atoms with Crippen LogP contribution in [0.4, 0.5) is 5.95 Å². The summed E-state index contributed by atoms with van der Waals surface area (Å²) in [6.07, 6.45) is 7.17. The van der Waals surface area contributed by atoms with Crippen molar-refractivity contribution in [3.8, 4) is 23.2 Å². The molecule has 0 bridgehead atoms. The lowest BCUT2D eigenvalue weighted by atomic mass is 9.87. The number of nitrogens with zero attached hydrogens (tertiary/aromatic N) is 6. The van der Waals surface area contributed by atoms with Gasteiger partial charge in [0, 0.05) is 30.3 Å². The van der Waals surface area contributed by atoms with E-state index < -0.39 is 5.41 Å². The van der Waals surface area contributed by atoms with Crippen molar-refractivity contribution in [2.75, 3.05) is 12.4 Å². The fourth-order valence-corrected chi connectivity index (χ4v) is 5.27. The molecule has 1 aliphatic carbocycles. The minimum Gasteiger partial charge on any atom is -0.445 e. The van der Waals surface area contributed by atoms with Crippen LogP contribution in [0.15, 0.2) is 45.9 Å². The summed E-state index contributed by atoms with van der Waals surface area (Å²) < 4.78 is 7.83. The van der Waals surface area contributed by atoms with E-state index in [2.05, 4.69) is 47.7 Å². The average Bonchev–Trinajstić information content (AvgIpc) is 3.63. The van der Waals surface area contributed by atoms with Crippen molar-refractivity contribution in [3.05, 3.63) is 47.0 Å². The van der Waals surface area contributed by atoms with E-state index >= 15 is 0 Å². The first-order valence-electron chi connectivity index (χ1n) is 11.7. The molecule has 1 amide bonds. The number of hydrogen-bond acceptors (Lipinski definition) is 8. The van der Waals surface area contributed by atoms with Gasteiger partial charge < -0.3 is 15.1 Å². The van der Waals surface area contributed by atoms with E-state index in [0.29, 0.717) is 28.5 Å². The standard InChI is InChI=1S/C25H25BrN8O2/c1-14(12-27)18-10-16(4-5-17(18)22-29-8-9-36-22)34-21-19(20(26)33-34)13-30-24(32-21)31-15-6-7-25(2,11-15)23(35)28-3/h4-5,8-10,13-15H,6-7,11H2,1-3H3,(H,28,35)(H,30,31,32)/t14-,15+,25+/m0/s1. The summed E-state index contributed by atoms with van der Waals surface area (Å²) in [5.41, 5.74) is 2.50. The van der Waals surface area contributed by atoms with Crippen molar-refractivity contribution in [2.24, 2.45) is 5.41 Å². The van der Waals surface area contributed by atoms with Crippen LogP contribution in [-0.4, -0.2) is 43.7 Å². The molecule has 2 N–H and O–H groups in total. The first kappa shape index (κ1) is 23.9. The van der Waals surface area contributed by atoms with Gasteiger partial charge in [-0.1, -0.05) is 6.92 Å². The number of carbonyl (C=O) groups is 1. The summed E-state index contributed by atoms with van der Waals surface area (Å²) in [5.74, 6) is 0.602. The topological polar surface area (TPSA) is 135 Å². The number of rotatable bonds is 6. The van der Waals surface area contributed by atoms with Crippen LogP contribution in [0.1, 0.15) is 44.6 Å². The van der Waals surface area contributed by atoms with Gasteiger partial charge in [-0.05, 0) is 65.9 Å². The Hall–Kier alpha value is -3.78. The van der Waals surface area contributed by atoms with Gasteiger partial charge in [0.2, 0.25) is 17.7 Å². The fraction of sp³-hybridized carbons (Fsp3) is 0.360. The predicted molar refractivity (Wildman–Crippen MR) is 137 cm³/mol. The van der Waals surface area contributed by atoms with E-state index in [9.17, 15) is 10.1 Å². The lowest BCUT2D eigenvalue weighted by Gasteiger charge is -2.22. The molecule has 0 aliphatic heterocycles. The highest BCUT2D eigenvalue weighted by Gasteiger charge is 2.41. The second-order valence-corrected chi connectivity index (χ2v) is 10.1. The number of aromatic nitrogens is 5. The van der Waals surface area contributed by atoms with Crippen molar-refractivity contribution in [3.63, 3.8) is 0 Å². The Morgan fingerprint density at radius 2 is 2.22 bits per heavy atom. The van der Waals surface area contributed by atoms with E-state index in [0.717, 1.165) is 35.0 Å². The molecular formula is C25H25BrN8O2. The Kier molecular flexibility index (Phi) is 6.22. The van der Waals surface area contributed by atoms with E-state index in [4.69, 9.17) is 9.40 Å². The summed E-state index contributed by atoms with van der Waals surface area (Å²) in [7, 11) is 1.67. The molecule has 184 valence electrons. The predicted octanol–water partition coefficient (Wildman–Crippen LogP) is 4.58. The maximum absolute atomic E-state index is 12.3. The third-order valence-electron chi connectivity index (χ3n) is 6.83. The van der Waals surface area contributed by atoms with Crippen LogP contribution >= 0.6 is 15.9 Å².